The zero-order valence-electron chi connectivity index (χ0n) is 17.2. The van der Waals surface area contributed by atoms with Gasteiger partial charge in [0, 0.05) is 17.6 Å². The van der Waals surface area contributed by atoms with Crippen LogP contribution in [0.2, 0.25) is 0 Å². The predicted molar refractivity (Wildman–Crippen MR) is 112 cm³/mol. The molecule has 1 saturated carbocycles. The van der Waals surface area contributed by atoms with Crippen molar-refractivity contribution in [3.05, 3.63) is 30.0 Å². The Hall–Kier alpha value is -2.50. The molecule has 1 saturated heterocycles. The number of hydrogen-bond donors (Lipinski definition) is 1. The van der Waals surface area contributed by atoms with Gasteiger partial charge in [-0.15, -0.1) is 0 Å². The summed E-state index contributed by atoms with van der Waals surface area (Å²) in [5.74, 6) is 0.434. The predicted octanol–water partition coefficient (Wildman–Crippen LogP) is 3.76. The molecule has 29 heavy (non-hydrogen) atoms. The number of fused-ring (bicyclic) bond motifs is 3. The van der Waals surface area contributed by atoms with Gasteiger partial charge in [-0.05, 0) is 56.4 Å². The third kappa shape index (κ3) is 2.83. The van der Waals surface area contributed by atoms with Crippen LogP contribution in [0, 0.1) is 11.8 Å². The van der Waals surface area contributed by atoms with E-state index in [4.69, 9.17) is 10.5 Å². The molecular formula is C23H29N3O3. The molecule has 1 aromatic heterocycles. The Kier molecular flexibility index (Phi) is 4.16. The molecule has 2 aliphatic heterocycles. The largest absolute Gasteiger partial charge is 0.434 e. The first-order valence-corrected chi connectivity index (χ1v) is 10.8. The number of ether oxygens (including phenoxy) is 1. The number of anilines is 1. The number of rotatable bonds is 3. The van der Waals surface area contributed by atoms with Gasteiger partial charge in [0.1, 0.15) is 11.7 Å². The smallest absolute Gasteiger partial charge is 0.357 e. The summed E-state index contributed by atoms with van der Waals surface area (Å²) in [6, 6.07) is 7.82. The van der Waals surface area contributed by atoms with Crippen molar-refractivity contribution in [1.29, 1.82) is 0 Å². The van der Waals surface area contributed by atoms with E-state index < -0.39 is 5.72 Å². The minimum Gasteiger partial charge on any atom is -0.434 e. The highest BCUT2D eigenvalue weighted by atomic mass is 16.6. The van der Waals surface area contributed by atoms with Gasteiger partial charge in [-0.25, -0.2) is 4.79 Å². The van der Waals surface area contributed by atoms with Crippen LogP contribution in [-0.2, 0) is 15.3 Å². The van der Waals surface area contributed by atoms with E-state index in [0.29, 0.717) is 17.5 Å². The van der Waals surface area contributed by atoms with Gasteiger partial charge in [0.05, 0.1) is 5.52 Å². The van der Waals surface area contributed by atoms with Gasteiger partial charge in [-0.1, -0.05) is 32.1 Å². The van der Waals surface area contributed by atoms with Crippen molar-refractivity contribution in [3.63, 3.8) is 0 Å². The van der Waals surface area contributed by atoms with Gasteiger partial charge in [0.25, 0.3) is 0 Å². The molecule has 3 aliphatic rings. The Balaban J connectivity index is 1.50. The lowest BCUT2D eigenvalue weighted by Gasteiger charge is -2.33. The lowest BCUT2D eigenvalue weighted by molar-refractivity contribution is -0.120. The Morgan fingerprint density at radius 2 is 1.90 bits per heavy atom. The second-order valence-corrected chi connectivity index (χ2v) is 9.34. The molecule has 2 aromatic rings. The molecule has 5 rings (SSSR count). The minimum absolute atomic E-state index is 0.220. The molecule has 2 N–H and O–H groups in total. The molecule has 0 bridgehead atoms. The summed E-state index contributed by atoms with van der Waals surface area (Å²) in [5, 5.41) is 0.992. The number of hydrogen-bond acceptors (Lipinski definition) is 4. The number of amides is 1. The van der Waals surface area contributed by atoms with Crippen LogP contribution in [-0.4, -0.2) is 29.0 Å². The van der Waals surface area contributed by atoms with Crippen molar-refractivity contribution in [2.45, 2.75) is 64.1 Å². The van der Waals surface area contributed by atoms with E-state index in [1.54, 1.807) is 0 Å². The highest BCUT2D eigenvalue weighted by Gasteiger charge is 2.43. The summed E-state index contributed by atoms with van der Waals surface area (Å²) in [6.07, 6.45) is 7.28. The minimum atomic E-state index is -0.689. The van der Waals surface area contributed by atoms with Crippen LogP contribution in [0.25, 0.3) is 10.9 Å². The summed E-state index contributed by atoms with van der Waals surface area (Å²) in [7, 11) is 0. The van der Waals surface area contributed by atoms with Crippen molar-refractivity contribution in [2.75, 3.05) is 11.4 Å². The third-order valence-corrected chi connectivity index (χ3v) is 7.20. The molecule has 2 atom stereocenters. The molecule has 1 amide bonds. The van der Waals surface area contributed by atoms with Gasteiger partial charge in [-0.3, -0.25) is 9.36 Å². The Morgan fingerprint density at radius 3 is 2.62 bits per heavy atom. The number of carbonyl (C=O) groups is 2. The molecule has 0 unspecified atom stereocenters. The van der Waals surface area contributed by atoms with E-state index in [1.807, 2.05) is 36.6 Å². The fraction of sp³-hybridized carbons (Fsp3) is 0.565. The first-order chi connectivity index (χ1) is 13.9. The Labute approximate surface area is 171 Å². The van der Waals surface area contributed by atoms with E-state index in [1.165, 1.54) is 32.1 Å². The number of nitrogens with two attached hydrogens (primary N) is 1. The van der Waals surface area contributed by atoms with E-state index in [-0.39, 0.29) is 17.9 Å². The van der Waals surface area contributed by atoms with Gasteiger partial charge in [0.2, 0.25) is 5.91 Å². The van der Waals surface area contributed by atoms with E-state index in [9.17, 15) is 9.59 Å². The second kappa shape index (κ2) is 6.51. The maximum atomic E-state index is 12.5. The number of cyclic esters (lactones) is 1. The number of aromatic nitrogens is 1. The molecule has 1 aliphatic carbocycles. The number of esters is 1. The maximum Gasteiger partial charge on any atom is 0.357 e. The lowest BCUT2D eigenvalue weighted by Crippen LogP contribution is -2.46. The SMILES string of the molecule is CC1(C)OC(=O)c2cc3cc(N4CC[C@@H](C5CCCCC5)[C@H]4C(N)=O)ccc3n21. The summed E-state index contributed by atoms with van der Waals surface area (Å²) in [5.41, 5.74) is 7.77. The first kappa shape index (κ1) is 18.5. The molecule has 0 radical (unpaired) electrons. The van der Waals surface area contributed by atoms with Crippen LogP contribution in [0.3, 0.4) is 0 Å². The summed E-state index contributed by atoms with van der Waals surface area (Å²) >= 11 is 0. The molecule has 1 aromatic carbocycles. The maximum absolute atomic E-state index is 12.5. The Morgan fingerprint density at radius 1 is 1.14 bits per heavy atom. The fourth-order valence-corrected chi connectivity index (χ4v) is 5.96. The lowest BCUT2D eigenvalue weighted by atomic mass is 9.76. The second-order valence-electron chi connectivity index (χ2n) is 9.34. The summed E-state index contributed by atoms with van der Waals surface area (Å²) in [6.45, 7) is 4.64. The standard InChI is InChI=1S/C23H29N3O3/c1-23(2)26-18-9-8-16(12-15(18)13-19(26)22(28)29-23)25-11-10-17(20(25)21(24)27)14-6-4-3-5-7-14/h8-9,12-14,17,20H,3-7,10-11H2,1-2H3,(H2,24,27)/t17-,20-/m0/s1. The quantitative estimate of drug-likeness (QED) is 0.803. The van der Waals surface area contributed by atoms with Crippen LogP contribution < -0.4 is 10.6 Å². The third-order valence-electron chi connectivity index (χ3n) is 7.20. The van der Waals surface area contributed by atoms with E-state index in [2.05, 4.69) is 11.0 Å². The average Bonchev–Trinajstić information content (AvgIpc) is 3.35. The Bertz CT molecular complexity index is 987. The van der Waals surface area contributed by atoms with Crippen LogP contribution in [0.4, 0.5) is 5.69 Å². The van der Waals surface area contributed by atoms with E-state index in [0.717, 1.165) is 29.6 Å². The zero-order valence-corrected chi connectivity index (χ0v) is 17.2. The molecule has 6 heteroatoms. The topological polar surface area (TPSA) is 77.6 Å². The normalized spacial score (nSPS) is 26.7. The zero-order chi connectivity index (χ0) is 20.3. The molecule has 0 spiro atoms. The highest BCUT2D eigenvalue weighted by Crippen LogP contribution is 2.42. The van der Waals surface area contributed by atoms with Crippen molar-refractivity contribution in [1.82, 2.24) is 4.57 Å². The van der Waals surface area contributed by atoms with Crippen LogP contribution in [0.5, 0.6) is 0 Å². The van der Waals surface area contributed by atoms with Crippen molar-refractivity contribution >= 4 is 28.5 Å². The van der Waals surface area contributed by atoms with Gasteiger partial charge in [-0.2, -0.15) is 0 Å². The molecule has 6 nitrogen and oxygen atoms in total. The summed E-state index contributed by atoms with van der Waals surface area (Å²) in [4.78, 5) is 26.9. The van der Waals surface area contributed by atoms with Crippen LogP contribution in [0.1, 0.15) is 62.9 Å². The van der Waals surface area contributed by atoms with Crippen molar-refractivity contribution in [3.8, 4) is 0 Å². The fourth-order valence-electron chi connectivity index (χ4n) is 5.96. The molecule has 2 fully saturated rings. The van der Waals surface area contributed by atoms with Crippen molar-refractivity contribution < 1.29 is 14.3 Å². The number of carbonyl (C=O) groups excluding carboxylic acids is 2. The van der Waals surface area contributed by atoms with Gasteiger partial charge >= 0.3 is 5.97 Å². The van der Waals surface area contributed by atoms with E-state index >= 15 is 0 Å². The number of nitrogens with zero attached hydrogens (tertiary/aromatic N) is 2. The van der Waals surface area contributed by atoms with Gasteiger partial charge < -0.3 is 15.4 Å². The van der Waals surface area contributed by atoms with Crippen LogP contribution in [0.15, 0.2) is 24.3 Å². The average molecular weight is 396 g/mol. The highest BCUT2D eigenvalue weighted by molar-refractivity contribution is 5.99. The molecule has 3 heterocycles. The monoisotopic (exact) mass is 395 g/mol. The molecule has 154 valence electrons. The number of benzene rings is 1. The molecular weight excluding hydrogens is 366 g/mol. The van der Waals surface area contributed by atoms with Crippen molar-refractivity contribution in [2.24, 2.45) is 17.6 Å². The summed E-state index contributed by atoms with van der Waals surface area (Å²) < 4.78 is 7.43. The van der Waals surface area contributed by atoms with Crippen LogP contribution >= 0.6 is 0 Å². The van der Waals surface area contributed by atoms with Gasteiger partial charge in [0.15, 0.2) is 5.72 Å². The first-order valence-electron chi connectivity index (χ1n) is 10.8. The number of primary amides is 1.